The van der Waals surface area contributed by atoms with Gasteiger partial charge < -0.3 is 17.2 Å². The van der Waals surface area contributed by atoms with Crippen molar-refractivity contribution in [3.8, 4) is 0 Å². The van der Waals surface area contributed by atoms with Crippen molar-refractivity contribution in [2.24, 2.45) is 5.73 Å². The molecule has 0 aliphatic heterocycles. The second kappa shape index (κ2) is 5.61. The van der Waals surface area contributed by atoms with E-state index >= 15 is 0 Å². The van der Waals surface area contributed by atoms with Crippen molar-refractivity contribution in [3.05, 3.63) is 23.8 Å². The van der Waals surface area contributed by atoms with Crippen LogP contribution in [-0.2, 0) is 6.42 Å². The smallest absolute Gasteiger partial charge is 0.0348 e. The van der Waals surface area contributed by atoms with E-state index in [4.69, 9.17) is 17.2 Å². The van der Waals surface area contributed by atoms with Crippen LogP contribution >= 0.6 is 0 Å². The molecule has 3 nitrogen and oxygen atoms in total. The minimum absolute atomic E-state index is 0.189. The molecular formula is C12H21N3. The Hall–Kier alpha value is -1.22. The summed E-state index contributed by atoms with van der Waals surface area (Å²) in [5, 5.41) is 0. The fourth-order valence-electron chi connectivity index (χ4n) is 1.65. The Morgan fingerprint density at radius 1 is 1.27 bits per heavy atom. The first-order valence-electron chi connectivity index (χ1n) is 5.53. The standard InChI is InChI=1S/C12H21N3/c1-2-3-4-10(13)7-9-8-11(14)5-6-12(9)15/h5-6,8,10H,2-4,7,13-15H2,1H3. The third kappa shape index (κ3) is 3.80. The number of nitrogen functional groups attached to an aromatic ring is 2. The molecule has 0 bridgehead atoms. The van der Waals surface area contributed by atoms with Crippen LogP contribution in [-0.4, -0.2) is 6.04 Å². The van der Waals surface area contributed by atoms with Crippen molar-refractivity contribution in [1.82, 2.24) is 0 Å². The molecule has 0 radical (unpaired) electrons. The maximum absolute atomic E-state index is 6.01. The zero-order valence-corrected chi connectivity index (χ0v) is 9.37. The van der Waals surface area contributed by atoms with Gasteiger partial charge in [0, 0.05) is 17.4 Å². The number of nitrogens with two attached hydrogens (primary N) is 3. The summed E-state index contributed by atoms with van der Waals surface area (Å²) in [5.74, 6) is 0. The van der Waals surface area contributed by atoms with Gasteiger partial charge in [0.05, 0.1) is 0 Å². The van der Waals surface area contributed by atoms with E-state index in [0.29, 0.717) is 0 Å². The van der Waals surface area contributed by atoms with Crippen LogP contribution in [0.15, 0.2) is 18.2 Å². The predicted molar refractivity (Wildman–Crippen MR) is 66.5 cm³/mol. The van der Waals surface area contributed by atoms with Crippen LogP contribution in [0.5, 0.6) is 0 Å². The van der Waals surface area contributed by atoms with E-state index in [-0.39, 0.29) is 6.04 Å². The number of hydrogen-bond acceptors (Lipinski definition) is 3. The molecule has 84 valence electrons. The number of unbranched alkanes of at least 4 members (excludes halogenated alkanes) is 1. The molecule has 1 aromatic rings. The van der Waals surface area contributed by atoms with Crippen molar-refractivity contribution in [2.45, 2.75) is 38.6 Å². The summed E-state index contributed by atoms with van der Waals surface area (Å²) in [6, 6.07) is 5.77. The molecule has 1 rings (SSSR count). The van der Waals surface area contributed by atoms with Crippen LogP contribution in [0.4, 0.5) is 11.4 Å². The summed E-state index contributed by atoms with van der Waals surface area (Å²) in [7, 11) is 0. The third-order valence-corrected chi connectivity index (χ3v) is 2.58. The molecule has 1 aromatic carbocycles. The average molecular weight is 207 g/mol. The quantitative estimate of drug-likeness (QED) is 0.645. The van der Waals surface area contributed by atoms with E-state index < -0.39 is 0 Å². The van der Waals surface area contributed by atoms with Gasteiger partial charge in [0.15, 0.2) is 0 Å². The van der Waals surface area contributed by atoms with Crippen molar-refractivity contribution in [1.29, 1.82) is 0 Å². The lowest BCUT2D eigenvalue weighted by Crippen LogP contribution is -2.23. The molecule has 1 atom stereocenters. The summed E-state index contributed by atoms with van der Waals surface area (Å²) in [6.45, 7) is 2.17. The molecule has 0 saturated heterocycles. The summed E-state index contributed by atoms with van der Waals surface area (Å²) in [5.41, 5.74) is 20.2. The van der Waals surface area contributed by atoms with Gasteiger partial charge in [-0.2, -0.15) is 0 Å². The molecule has 6 N–H and O–H groups in total. The Labute approximate surface area is 91.6 Å². The van der Waals surface area contributed by atoms with Crippen LogP contribution in [0.25, 0.3) is 0 Å². The topological polar surface area (TPSA) is 78.1 Å². The van der Waals surface area contributed by atoms with Gasteiger partial charge in [0.2, 0.25) is 0 Å². The summed E-state index contributed by atoms with van der Waals surface area (Å²) in [6.07, 6.45) is 4.21. The lowest BCUT2D eigenvalue weighted by Gasteiger charge is -2.13. The Morgan fingerprint density at radius 3 is 2.67 bits per heavy atom. The van der Waals surface area contributed by atoms with E-state index in [1.165, 1.54) is 12.8 Å². The van der Waals surface area contributed by atoms with Gasteiger partial charge >= 0.3 is 0 Å². The first kappa shape index (κ1) is 11.9. The van der Waals surface area contributed by atoms with Gasteiger partial charge in [-0.15, -0.1) is 0 Å². The van der Waals surface area contributed by atoms with Crippen LogP contribution in [0, 0.1) is 0 Å². The van der Waals surface area contributed by atoms with Gasteiger partial charge in [0.25, 0.3) is 0 Å². The molecule has 0 aliphatic rings. The van der Waals surface area contributed by atoms with Crippen LogP contribution in [0.1, 0.15) is 31.7 Å². The number of rotatable bonds is 5. The van der Waals surface area contributed by atoms with E-state index in [1.807, 2.05) is 18.2 Å². The van der Waals surface area contributed by atoms with Crippen molar-refractivity contribution < 1.29 is 0 Å². The van der Waals surface area contributed by atoms with Gasteiger partial charge in [0.1, 0.15) is 0 Å². The molecular weight excluding hydrogens is 186 g/mol. The highest BCUT2D eigenvalue weighted by molar-refractivity contribution is 5.55. The molecule has 0 aromatic heterocycles. The molecule has 0 aliphatic carbocycles. The average Bonchev–Trinajstić information content (AvgIpc) is 2.20. The fourth-order valence-corrected chi connectivity index (χ4v) is 1.65. The zero-order valence-electron chi connectivity index (χ0n) is 9.37. The Bertz CT molecular complexity index is 310. The van der Waals surface area contributed by atoms with E-state index in [2.05, 4.69) is 6.92 Å². The Balaban J connectivity index is 2.59. The van der Waals surface area contributed by atoms with Gasteiger partial charge in [-0.3, -0.25) is 0 Å². The van der Waals surface area contributed by atoms with E-state index in [1.54, 1.807) is 0 Å². The largest absolute Gasteiger partial charge is 0.399 e. The predicted octanol–water partition coefficient (Wildman–Crippen LogP) is 1.91. The first-order valence-corrected chi connectivity index (χ1v) is 5.53. The maximum atomic E-state index is 6.01. The molecule has 0 saturated carbocycles. The van der Waals surface area contributed by atoms with Crippen molar-refractivity contribution >= 4 is 11.4 Å². The Kier molecular flexibility index (Phi) is 4.43. The van der Waals surface area contributed by atoms with Crippen LogP contribution in [0.3, 0.4) is 0 Å². The normalized spacial score (nSPS) is 12.7. The van der Waals surface area contributed by atoms with Crippen LogP contribution < -0.4 is 17.2 Å². The van der Waals surface area contributed by atoms with Gasteiger partial charge in [-0.25, -0.2) is 0 Å². The highest BCUT2D eigenvalue weighted by Gasteiger charge is 2.06. The number of benzene rings is 1. The monoisotopic (exact) mass is 207 g/mol. The third-order valence-electron chi connectivity index (χ3n) is 2.58. The molecule has 0 amide bonds. The molecule has 1 unspecified atom stereocenters. The second-order valence-electron chi connectivity index (χ2n) is 4.06. The maximum Gasteiger partial charge on any atom is 0.0348 e. The minimum atomic E-state index is 0.189. The van der Waals surface area contributed by atoms with Crippen molar-refractivity contribution in [2.75, 3.05) is 11.5 Å². The zero-order chi connectivity index (χ0) is 11.3. The molecule has 15 heavy (non-hydrogen) atoms. The molecule has 0 heterocycles. The Morgan fingerprint density at radius 2 is 2.00 bits per heavy atom. The summed E-state index contributed by atoms with van der Waals surface area (Å²) >= 11 is 0. The van der Waals surface area contributed by atoms with Gasteiger partial charge in [-0.05, 0) is 36.6 Å². The molecule has 3 heteroatoms. The molecule has 0 fully saturated rings. The van der Waals surface area contributed by atoms with Gasteiger partial charge in [-0.1, -0.05) is 19.8 Å². The van der Waals surface area contributed by atoms with E-state index in [9.17, 15) is 0 Å². The highest BCUT2D eigenvalue weighted by Crippen LogP contribution is 2.18. The minimum Gasteiger partial charge on any atom is -0.399 e. The second-order valence-corrected chi connectivity index (χ2v) is 4.06. The van der Waals surface area contributed by atoms with Crippen LogP contribution in [0.2, 0.25) is 0 Å². The lowest BCUT2D eigenvalue weighted by molar-refractivity contribution is 0.574. The SMILES string of the molecule is CCCCC(N)Cc1cc(N)ccc1N. The van der Waals surface area contributed by atoms with Crippen molar-refractivity contribution in [3.63, 3.8) is 0 Å². The summed E-state index contributed by atoms with van der Waals surface area (Å²) < 4.78 is 0. The highest BCUT2D eigenvalue weighted by atomic mass is 14.6. The van der Waals surface area contributed by atoms with E-state index in [0.717, 1.165) is 29.8 Å². The number of anilines is 2. The summed E-state index contributed by atoms with van der Waals surface area (Å²) in [4.78, 5) is 0. The molecule has 0 spiro atoms. The first-order chi connectivity index (χ1) is 7.13. The fraction of sp³-hybridized carbons (Fsp3) is 0.500. The number of hydrogen-bond donors (Lipinski definition) is 3. The lowest BCUT2D eigenvalue weighted by atomic mass is 10.0.